The molecule has 5 heteroatoms. The van der Waals surface area contributed by atoms with Crippen LogP contribution in [0.4, 0.5) is 10.1 Å². The number of nitrogens with two attached hydrogens (primary N) is 1. The first-order valence-electron chi connectivity index (χ1n) is 5.94. The first-order chi connectivity index (χ1) is 8.50. The number of benzene rings is 1. The summed E-state index contributed by atoms with van der Waals surface area (Å²) >= 11 is 4.99. The number of hydrogen-bond acceptors (Lipinski definition) is 3. The van der Waals surface area contributed by atoms with Crippen molar-refractivity contribution < 1.29 is 9.13 Å². The molecule has 1 heterocycles. The van der Waals surface area contributed by atoms with Crippen molar-refractivity contribution in [3.8, 4) is 0 Å². The zero-order chi connectivity index (χ0) is 13.3. The van der Waals surface area contributed by atoms with Crippen molar-refractivity contribution in [2.75, 3.05) is 18.6 Å². The van der Waals surface area contributed by atoms with Crippen LogP contribution < -0.4 is 10.6 Å². The van der Waals surface area contributed by atoms with E-state index in [0.717, 1.165) is 18.7 Å². The zero-order valence-electron chi connectivity index (χ0n) is 10.5. The van der Waals surface area contributed by atoms with Crippen molar-refractivity contribution in [3.63, 3.8) is 0 Å². The second kappa shape index (κ2) is 5.20. The average Bonchev–Trinajstić information content (AvgIpc) is 2.74. The Kier molecular flexibility index (Phi) is 3.82. The van der Waals surface area contributed by atoms with Gasteiger partial charge in [0.15, 0.2) is 0 Å². The zero-order valence-corrected chi connectivity index (χ0v) is 11.3. The standard InChI is InChI=1S/C13H17FN2OS/c1-8-11(5-6-17-8)16(2)12-4-3-9(14)7-10(12)13(15)18/h3-4,7-8,11H,5-6H2,1-2H3,(H2,15,18). The highest BCUT2D eigenvalue weighted by Gasteiger charge is 2.29. The van der Waals surface area contributed by atoms with Crippen LogP contribution in [0.3, 0.4) is 0 Å². The van der Waals surface area contributed by atoms with Gasteiger partial charge < -0.3 is 15.4 Å². The number of nitrogens with zero attached hydrogens (tertiary/aromatic N) is 1. The van der Waals surface area contributed by atoms with Gasteiger partial charge in [0.05, 0.1) is 12.1 Å². The van der Waals surface area contributed by atoms with Crippen LogP contribution in [0.2, 0.25) is 0 Å². The van der Waals surface area contributed by atoms with Gasteiger partial charge in [-0.2, -0.15) is 0 Å². The van der Waals surface area contributed by atoms with Gasteiger partial charge in [-0.05, 0) is 31.5 Å². The minimum atomic E-state index is -0.328. The molecule has 0 aromatic heterocycles. The van der Waals surface area contributed by atoms with E-state index in [9.17, 15) is 4.39 Å². The van der Waals surface area contributed by atoms with Gasteiger partial charge in [0.1, 0.15) is 10.8 Å². The number of likely N-dealkylation sites (N-methyl/N-ethyl adjacent to an activating group) is 1. The van der Waals surface area contributed by atoms with Crippen molar-refractivity contribution >= 4 is 22.9 Å². The summed E-state index contributed by atoms with van der Waals surface area (Å²) in [4.78, 5) is 2.29. The SMILES string of the molecule is CC1OCCC1N(C)c1ccc(F)cc1C(N)=S. The molecule has 1 aliphatic rings. The van der Waals surface area contributed by atoms with Gasteiger partial charge >= 0.3 is 0 Å². The summed E-state index contributed by atoms with van der Waals surface area (Å²) in [6.07, 6.45) is 1.10. The van der Waals surface area contributed by atoms with Crippen molar-refractivity contribution in [1.29, 1.82) is 0 Å². The number of rotatable bonds is 3. The lowest BCUT2D eigenvalue weighted by molar-refractivity contribution is 0.118. The molecule has 1 aromatic rings. The van der Waals surface area contributed by atoms with Crippen LogP contribution in [-0.4, -0.2) is 30.8 Å². The minimum Gasteiger partial charge on any atom is -0.389 e. The maximum atomic E-state index is 13.3. The lowest BCUT2D eigenvalue weighted by Crippen LogP contribution is -2.37. The van der Waals surface area contributed by atoms with E-state index in [2.05, 4.69) is 4.90 Å². The summed E-state index contributed by atoms with van der Waals surface area (Å²) in [5.41, 5.74) is 7.09. The number of thiocarbonyl (C=S) groups is 1. The maximum absolute atomic E-state index is 13.3. The molecule has 98 valence electrons. The van der Waals surface area contributed by atoms with Crippen molar-refractivity contribution in [2.45, 2.75) is 25.5 Å². The quantitative estimate of drug-likeness (QED) is 0.852. The highest BCUT2D eigenvalue weighted by atomic mass is 32.1. The molecule has 2 unspecified atom stereocenters. The summed E-state index contributed by atoms with van der Waals surface area (Å²) in [6, 6.07) is 4.79. The molecule has 0 spiro atoms. The number of ether oxygens (including phenoxy) is 1. The van der Waals surface area contributed by atoms with Crippen LogP contribution >= 0.6 is 12.2 Å². The third kappa shape index (κ3) is 2.47. The van der Waals surface area contributed by atoms with E-state index < -0.39 is 0 Å². The molecule has 1 saturated heterocycles. The van der Waals surface area contributed by atoms with Crippen LogP contribution in [0.25, 0.3) is 0 Å². The molecular weight excluding hydrogens is 251 g/mol. The van der Waals surface area contributed by atoms with E-state index >= 15 is 0 Å². The van der Waals surface area contributed by atoms with Gasteiger partial charge in [-0.15, -0.1) is 0 Å². The van der Waals surface area contributed by atoms with Crippen LogP contribution in [0.1, 0.15) is 18.9 Å². The van der Waals surface area contributed by atoms with Gasteiger partial charge in [0, 0.05) is 24.9 Å². The molecule has 1 aromatic carbocycles. The summed E-state index contributed by atoms with van der Waals surface area (Å²) in [5, 5.41) is 0. The van der Waals surface area contributed by atoms with Crippen LogP contribution in [0.15, 0.2) is 18.2 Å². The molecule has 3 nitrogen and oxygen atoms in total. The Morgan fingerprint density at radius 1 is 1.56 bits per heavy atom. The van der Waals surface area contributed by atoms with E-state index in [0.29, 0.717) is 5.56 Å². The van der Waals surface area contributed by atoms with Crippen LogP contribution in [0.5, 0.6) is 0 Å². The topological polar surface area (TPSA) is 38.5 Å². The van der Waals surface area contributed by atoms with E-state index in [1.165, 1.54) is 12.1 Å². The molecule has 1 aliphatic heterocycles. The molecule has 0 saturated carbocycles. The van der Waals surface area contributed by atoms with E-state index in [1.54, 1.807) is 6.07 Å². The Morgan fingerprint density at radius 2 is 2.28 bits per heavy atom. The van der Waals surface area contributed by atoms with Gasteiger partial charge in [-0.1, -0.05) is 12.2 Å². The Labute approximate surface area is 112 Å². The van der Waals surface area contributed by atoms with E-state index in [4.69, 9.17) is 22.7 Å². The fourth-order valence-corrected chi connectivity index (χ4v) is 2.58. The second-order valence-electron chi connectivity index (χ2n) is 4.57. The Morgan fingerprint density at radius 3 is 2.83 bits per heavy atom. The summed E-state index contributed by atoms with van der Waals surface area (Å²) in [6.45, 7) is 2.79. The third-order valence-electron chi connectivity index (χ3n) is 3.44. The molecule has 0 aliphatic carbocycles. The predicted octanol–water partition coefficient (Wildman–Crippen LogP) is 2.07. The first kappa shape index (κ1) is 13.2. The van der Waals surface area contributed by atoms with Gasteiger partial charge in [-0.3, -0.25) is 0 Å². The number of hydrogen-bond donors (Lipinski definition) is 1. The maximum Gasteiger partial charge on any atom is 0.124 e. The number of anilines is 1. The molecule has 0 bridgehead atoms. The smallest absolute Gasteiger partial charge is 0.124 e. The molecule has 1 fully saturated rings. The Balaban J connectivity index is 2.35. The second-order valence-corrected chi connectivity index (χ2v) is 5.01. The van der Waals surface area contributed by atoms with Gasteiger partial charge in [0.2, 0.25) is 0 Å². The normalized spacial score (nSPS) is 23.1. The summed E-state index contributed by atoms with van der Waals surface area (Å²) < 4.78 is 18.8. The summed E-state index contributed by atoms with van der Waals surface area (Å²) in [7, 11) is 1.96. The molecule has 2 N–H and O–H groups in total. The third-order valence-corrected chi connectivity index (χ3v) is 3.66. The molecule has 2 rings (SSSR count). The monoisotopic (exact) mass is 268 g/mol. The first-order valence-corrected chi connectivity index (χ1v) is 6.35. The Hall–Kier alpha value is -1.20. The highest BCUT2D eigenvalue weighted by Crippen LogP contribution is 2.27. The average molecular weight is 268 g/mol. The molecule has 0 amide bonds. The van der Waals surface area contributed by atoms with Crippen molar-refractivity contribution in [1.82, 2.24) is 0 Å². The summed E-state index contributed by atoms with van der Waals surface area (Å²) in [5.74, 6) is -0.328. The molecular formula is C13H17FN2OS. The largest absolute Gasteiger partial charge is 0.389 e. The van der Waals surface area contributed by atoms with Crippen LogP contribution in [0, 0.1) is 5.82 Å². The van der Waals surface area contributed by atoms with Gasteiger partial charge in [-0.25, -0.2) is 4.39 Å². The minimum absolute atomic E-state index is 0.152. The van der Waals surface area contributed by atoms with Crippen LogP contribution in [-0.2, 0) is 4.74 Å². The number of halogens is 1. The predicted molar refractivity (Wildman–Crippen MR) is 74.5 cm³/mol. The fraction of sp³-hybridized carbons (Fsp3) is 0.462. The van der Waals surface area contributed by atoms with Gasteiger partial charge in [0.25, 0.3) is 0 Å². The lowest BCUT2D eigenvalue weighted by Gasteiger charge is -2.30. The Bertz CT molecular complexity index is 466. The molecule has 2 atom stereocenters. The van der Waals surface area contributed by atoms with E-state index in [1.807, 2.05) is 14.0 Å². The van der Waals surface area contributed by atoms with Crippen molar-refractivity contribution in [3.05, 3.63) is 29.6 Å². The fourth-order valence-electron chi connectivity index (χ4n) is 2.42. The lowest BCUT2D eigenvalue weighted by atomic mass is 10.1. The molecule has 18 heavy (non-hydrogen) atoms. The molecule has 0 radical (unpaired) electrons. The highest BCUT2D eigenvalue weighted by molar-refractivity contribution is 7.80. The van der Waals surface area contributed by atoms with Crippen molar-refractivity contribution in [2.24, 2.45) is 5.73 Å². The van der Waals surface area contributed by atoms with E-state index in [-0.39, 0.29) is 23.0 Å².